The normalized spacial score (nSPS) is 16.5. The van der Waals surface area contributed by atoms with Crippen molar-refractivity contribution in [2.45, 2.75) is 76.7 Å². The van der Waals surface area contributed by atoms with Gasteiger partial charge >= 0.3 is 0 Å². The minimum atomic E-state index is -0.164. The van der Waals surface area contributed by atoms with Crippen LogP contribution in [0.3, 0.4) is 0 Å². The number of unbranched alkanes of at least 4 members (excludes halogenated alkanes) is 1. The second kappa shape index (κ2) is 8.83. The zero-order valence-corrected chi connectivity index (χ0v) is 18.3. The Bertz CT molecular complexity index is 1090. The van der Waals surface area contributed by atoms with Crippen LogP contribution in [-0.2, 0) is 12.8 Å². The Morgan fingerprint density at radius 1 is 1.13 bits per heavy atom. The van der Waals surface area contributed by atoms with Crippen LogP contribution in [0.2, 0.25) is 0 Å². The SMILES string of the molecule is Cc1[nH]c(Cc2nccnc2-c2c[nH][nH]c2=O)c(C2CC2)c1CCCCNC1CCC1. The molecule has 0 bridgehead atoms. The van der Waals surface area contributed by atoms with Crippen molar-refractivity contribution in [2.24, 2.45) is 0 Å². The Hall–Kier alpha value is -2.67. The highest BCUT2D eigenvalue weighted by Gasteiger charge is 2.31. The second-order valence-electron chi connectivity index (χ2n) is 9.12. The molecule has 2 aliphatic rings. The molecular formula is C24H32N6O. The number of aryl methyl sites for hydroxylation is 1. The number of aromatic nitrogens is 5. The lowest BCUT2D eigenvalue weighted by molar-refractivity contribution is 0.337. The number of nitrogens with zero attached hydrogens (tertiary/aromatic N) is 2. The molecule has 0 aliphatic heterocycles. The molecule has 3 aromatic rings. The third-order valence-corrected chi connectivity index (χ3v) is 6.84. The van der Waals surface area contributed by atoms with Crippen molar-refractivity contribution < 1.29 is 0 Å². The van der Waals surface area contributed by atoms with E-state index in [1.165, 1.54) is 67.5 Å². The van der Waals surface area contributed by atoms with Gasteiger partial charge in [0.15, 0.2) is 0 Å². The lowest BCUT2D eigenvalue weighted by Crippen LogP contribution is -2.35. The number of H-pyrrole nitrogens is 3. The molecule has 0 spiro atoms. The summed E-state index contributed by atoms with van der Waals surface area (Å²) in [6.45, 7) is 3.33. The minimum absolute atomic E-state index is 0.164. The Kier molecular flexibility index (Phi) is 5.76. The highest BCUT2D eigenvalue weighted by molar-refractivity contribution is 5.60. The zero-order valence-electron chi connectivity index (χ0n) is 18.3. The van der Waals surface area contributed by atoms with Crippen molar-refractivity contribution >= 4 is 0 Å². The molecule has 31 heavy (non-hydrogen) atoms. The van der Waals surface area contributed by atoms with E-state index < -0.39 is 0 Å². The Morgan fingerprint density at radius 2 is 1.97 bits per heavy atom. The molecule has 2 saturated carbocycles. The summed E-state index contributed by atoms with van der Waals surface area (Å²) in [7, 11) is 0. The van der Waals surface area contributed by atoms with Crippen molar-refractivity contribution in [1.29, 1.82) is 0 Å². The molecule has 4 N–H and O–H groups in total. The topological polar surface area (TPSA) is 102 Å². The lowest BCUT2D eigenvalue weighted by Gasteiger charge is -2.26. The molecule has 0 atom stereocenters. The van der Waals surface area contributed by atoms with Gasteiger partial charge in [-0.25, -0.2) is 0 Å². The van der Waals surface area contributed by atoms with Gasteiger partial charge in [-0.1, -0.05) is 6.42 Å². The fraction of sp³-hybridized carbons (Fsp3) is 0.542. The Balaban J connectivity index is 1.33. The minimum Gasteiger partial charge on any atom is -0.362 e. The molecule has 7 nitrogen and oxygen atoms in total. The van der Waals surface area contributed by atoms with Gasteiger partial charge in [-0.2, -0.15) is 0 Å². The summed E-state index contributed by atoms with van der Waals surface area (Å²) in [6.07, 6.45) is 15.9. The van der Waals surface area contributed by atoms with Gasteiger partial charge in [0.1, 0.15) is 0 Å². The predicted octanol–water partition coefficient (Wildman–Crippen LogP) is 3.73. The Morgan fingerprint density at radius 3 is 2.68 bits per heavy atom. The molecule has 0 radical (unpaired) electrons. The van der Waals surface area contributed by atoms with E-state index >= 15 is 0 Å². The molecule has 2 aliphatic carbocycles. The zero-order chi connectivity index (χ0) is 21.2. The van der Waals surface area contributed by atoms with Gasteiger partial charge in [-0.15, -0.1) is 0 Å². The van der Waals surface area contributed by atoms with Gasteiger partial charge in [0, 0.05) is 42.4 Å². The van der Waals surface area contributed by atoms with Gasteiger partial charge in [-0.3, -0.25) is 19.9 Å². The lowest BCUT2D eigenvalue weighted by atomic mass is 9.93. The van der Waals surface area contributed by atoms with Crippen LogP contribution in [0, 0.1) is 6.92 Å². The number of hydrogen-bond acceptors (Lipinski definition) is 4. The summed E-state index contributed by atoms with van der Waals surface area (Å²) in [5, 5.41) is 9.05. The van der Waals surface area contributed by atoms with Crippen LogP contribution in [0.4, 0.5) is 0 Å². The van der Waals surface area contributed by atoms with Crippen LogP contribution < -0.4 is 10.9 Å². The van der Waals surface area contributed by atoms with Gasteiger partial charge < -0.3 is 15.4 Å². The summed E-state index contributed by atoms with van der Waals surface area (Å²) >= 11 is 0. The molecule has 164 valence electrons. The van der Waals surface area contributed by atoms with Gasteiger partial charge in [0.05, 0.1) is 17.0 Å². The van der Waals surface area contributed by atoms with Gasteiger partial charge in [0.2, 0.25) is 0 Å². The van der Waals surface area contributed by atoms with E-state index in [1.54, 1.807) is 18.6 Å². The van der Waals surface area contributed by atoms with Crippen LogP contribution >= 0.6 is 0 Å². The van der Waals surface area contributed by atoms with E-state index in [9.17, 15) is 4.79 Å². The molecule has 2 fully saturated rings. The van der Waals surface area contributed by atoms with Crippen molar-refractivity contribution in [1.82, 2.24) is 30.5 Å². The summed E-state index contributed by atoms with van der Waals surface area (Å²) in [4.78, 5) is 24.9. The largest absolute Gasteiger partial charge is 0.362 e. The van der Waals surface area contributed by atoms with Gasteiger partial charge in [0.25, 0.3) is 5.56 Å². The van der Waals surface area contributed by atoms with Crippen LogP contribution in [0.25, 0.3) is 11.3 Å². The van der Waals surface area contributed by atoms with E-state index in [-0.39, 0.29) is 5.56 Å². The average molecular weight is 421 g/mol. The molecule has 0 unspecified atom stereocenters. The maximum atomic E-state index is 12.1. The van der Waals surface area contributed by atoms with Gasteiger partial charge in [-0.05, 0) is 75.5 Å². The van der Waals surface area contributed by atoms with Crippen molar-refractivity contribution in [3.63, 3.8) is 0 Å². The quantitative estimate of drug-likeness (QED) is 0.375. The number of nitrogens with one attached hydrogen (secondary N) is 4. The average Bonchev–Trinajstić information content (AvgIpc) is 3.40. The van der Waals surface area contributed by atoms with Crippen molar-refractivity contribution in [2.75, 3.05) is 6.54 Å². The first-order valence-electron chi connectivity index (χ1n) is 11.7. The first kappa shape index (κ1) is 20.2. The molecular weight excluding hydrogens is 388 g/mol. The van der Waals surface area contributed by atoms with Crippen molar-refractivity contribution in [3.05, 3.63) is 57.2 Å². The Labute approximate surface area is 182 Å². The molecule has 3 aromatic heterocycles. The van der Waals surface area contributed by atoms with Crippen LogP contribution in [-0.4, -0.2) is 37.7 Å². The molecule has 7 heteroatoms. The first-order valence-corrected chi connectivity index (χ1v) is 11.7. The van der Waals surface area contributed by atoms with Crippen LogP contribution in [0.1, 0.15) is 79.1 Å². The van der Waals surface area contributed by atoms with Crippen LogP contribution in [0.15, 0.2) is 23.4 Å². The summed E-state index contributed by atoms with van der Waals surface area (Å²) in [5.74, 6) is 0.666. The molecule has 0 saturated heterocycles. The maximum absolute atomic E-state index is 12.1. The standard InChI is InChI=1S/C24H32N6O/c1-15-18(7-2-3-10-25-17-5-4-6-17)22(16-8-9-16)20(29-15)13-21-23(27-12-11-26-21)19-14-28-30-24(19)31/h11-12,14,16-17,25,29H,2-10,13H2,1H3,(H2,28,30,31). The second-order valence-corrected chi connectivity index (χ2v) is 9.12. The maximum Gasteiger partial charge on any atom is 0.273 e. The fourth-order valence-corrected chi connectivity index (χ4v) is 4.80. The highest BCUT2D eigenvalue weighted by Crippen LogP contribution is 2.45. The summed E-state index contributed by atoms with van der Waals surface area (Å²) < 4.78 is 0. The smallest absolute Gasteiger partial charge is 0.273 e. The third kappa shape index (κ3) is 4.37. The van der Waals surface area contributed by atoms with E-state index in [2.05, 4.69) is 37.4 Å². The molecule has 3 heterocycles. The molecule has 5 rings (SSSR count). The third-order valence-electron chi connectivity index (χ3n) is 6.84. The number of aromatic amines is 3. The summed E-state index contributed by atoms with van der Waals surface area (Å²) in [5.41, 5.74) is 7.41. The van der Waals surface area contributed by atoms with Crippen molar-refractivity contribution in [3.8, 4) is 11.3 Å². The monoisotopic (exact) mass is 420 g/mol. The number of rotatable bonds is 10. The molecule has 0 aromatic carbocycles. The fourth-order valence-electron chi connectivity index (χ4n) is 4.80. The van der Waals surface area contributed by atoms with Crippen LogP contribution in [0.5, 0.6) is 0 Å². The van der Waals surface area contributed by atoms with E-state index in [0.717, 1.165) is 24.7 Å². The van der Waals surface area contributed by atoms with E-state index in [1.807, 2.05) is 0 Å². The van der Waals surface area contributed by atoms with E-state index in [4.69, 9.17) is 0 Å². The first-order chi connectivity index (χ1) is 15.2. The number of hydrogen-bond donors (Lipinski definition) is 4. The van der Waals surface area contributed by atoms with E-state index in [0.29, 0.717) is 23.6 Å². The molecule has 0 amide bonds. The summed E-state index contributed by atoms with van der Waals surface area (Å²) in [6, 6.07) is 0.774. The highest BCUT2D eigenvalue weighted by atomic mass is 16.1. The predicted molar refractivity (Wildman–Crippen MR) is 121 cm³/mol.